The summed E-state index contributed by atoms with van der Waals surface area (Å²) in [6.45, 7) is 5.95. The van der Waals surface area contributed by atoms with Gasteiger partial charge in [0.2, 0.25) is 0 Å². The second kappa shape index (κ2) is 8.30. The van der Waals surface area contributed by atoms with E-state index in [4.69, 9.17) is 0 Å². The van der Waals surface area contributed by atoms with Gasteiger partial charge < -0.3 is 15.2 Å². The molecule has 1 fully saturated rings. The number of para-hydroxylation sites is 1. The van der Waals surface area contributed by atoms with E-state index < -0.39 is 11.7 Å². The van der Waals surface area contributed by atoms with E-state index in [1.165, 1.54) is 38.8 Å². The van der Waals surface area contributed by atoms with Crippen molar-refractivity contribution in [3.05, 3.63) is 35.5 Å². The molecule has 0 saturated carbocycles. The number of rotatable bonds is 6. The number of ketones is 1. The summed E-state index contributed by atoms with van der Waals surface area (Å²) >= 11 is 0. The van der Waals surface area contributed by atoms with Gasteiger partial charge in [0.1, 0.15) is 0 Å². The van der Waals surface area contributed by atoms with E-state index in [1.54, 1.807) is 4.90 Å². The smallest absolute Gasteiger partial charge is 0.292 e. The summed E-state index contributed by atoms with van der Waals surface area (Å²) in [7, 11) is 0. The van der Waals surface area contributed by atoms with Crippen LogP contribution >= 0.6 is 0 Å². The van der Waals surface area contributed by atoms with Crippen LogP contribution in [0.5, 0.6) is 0 Å². The molecule has 25 heavy (non-hydrogen) atoms. The molecule has 1 amide bonds. The highest BCUT2D eigenvalue weighted by Gasteiger charge is 2.22. The Morgan fingerprint density at radius 1 is 1.12 bits per heavy atom. The van der Waals surface area contributed by atoms with Gasteiger partial charge in [0.15, 0.2) is 0 Å². The predicted molar refractivity (Wildman–Crippen MR) is 99.0 cm³/mol. The second-order valence-corrected chi connectivity index (χ2v) is 7.02. The first-order valence-corrected chi connectivity index (χ1v) is 9.40. The topological polar surface area (TPSA) is 66.4 Å². The average Bonchev–Trinajstić information content (AvgIpc) is 2.77. The fraction of sp³-hybridized carbons (Fsp3) is 0.500. The maximum atomic E-state index is 12.5. The maximum absolute atomic E-state index is 12.5. The van der Waals surface area contributed by atoms with Gasteiger partial charge in [0.05, 0.1) is 25.2 Å². The molecule has 5 nitrogen and oxygen atoms in total. The molecule has 0 atom stereocenters. The number of amides is 1. The van der Waals surface area contributed by atoms with Gasteiger partial charge in [-0.05, 0) is 38.7 Å². The quantitative estimate of drug-likeness (QED) is 0.424. The fourth-order valence-corrected chi connectivity index (χ4v) is 3.78. The normalized spacial score (nSPS) is 15.9. The molecule has 2 aromatic rings. The molecule has 0 aliphatic carbocycles. The van der Waals surface area contributed by atoms with E-state index in [2.05, 4.69) is 10.3 Å². The standard InChI is InChI=1S/C20H27N3O2/c1-15-18(16-9-4-5-10-17(16)22-15)19(24)20(25)21-11-8-14-23-12-6-2-3-7-13-23/h4-5,9-10,22H,2-3,6-8,11-14H2,1H3,(H,21,25)/p+1. The third-order valence-electron chi connectivity index (χ3n) is 5.13. The van der Waals surface area contributed by atoms with E-state index >= 15 is 0 Å². The molecule has 0 unspecified atom stereocenters. The number of carbonyl (C=O) groups is 2. The first-order valence-electron chi connectivity index (χ1n) is 9.40. The number of hydrogen-bond donors (Lipinski definition) is 3. The Hall–Kier alpha value is -2.14. The summed E-state index contributed by atoms with van der Waals surface area (Å²) < 4.78 is 0. The summed E-state index contributed by atoms with van der Waals surface area (Å²) in [5.74, 6) is -0.948. The van der Waals surface area contributed by atoms with Gasteiger partial charge in [-0.3, -0.25) is 9.59 Å². The van der Waals surface area contributed by atoms with Crippen LogP contribution in [0.25, 0.3) is 10.9 Å². The lowest BCUT2D eigenvalue weighted by Crippen LogP contribution is -3.11. The number of H-pyrrole nitrogens is 1. The number of likely N-dealkylation sites (tertiary alicyclic amines) is 1. The van der Waals surface area contributed by atoms with E-state index in [1.807, 2.05) is 31.2 Å². The summed E-state index contributed by atoms with van der Waals surface area (Å²) in [6.07, 6.45) is 6.22. The van der Waals surface area contributed by atoms with Crippen molar-refractivity contribution in [2.24, 2.45) is 0 Å². The maximum Gasteiger partial charge on any atom is 0.292 e. The molecule has 134 valence electrons. The number of fused-ring (bicyclic) bond motifs is 1. The van der Waals surface area contributed by atoms with Gasteiger partial charge in [-0.25, -0.2) is 0 Å². The van der Waals surface area contributed by atoms with Gasteiger partial charge in [0, 0.05) is 29.6 Å². The molecule has 1 saturated heterocycles. The van der Waals surface area contributed by atoms with Gasteiger partial charge in [0.25, 0.3) is 11.7 Å². The highest BCUT2D eigenvalue weighted by molar-refractivity contribution is 6.45. The minimum absolute atomic E-state index is 0.447. The second-order valence-electron chi connectivity index (χ2n) is 7.02. The van der Waals surface area contributed by atoms with Crippen LogP contribution in [0.15, 0.2) is 24.3 Å². The molecule has 1 aromatic heterocycles. The Labute approximate surface area is 148 Å². The molecule has 1 aliphatic rings. The van der Waals surface area contributed by atoms with Crippen molar-refractivity contribution >= 4 is 22.6 Å². The number of aromatic amines is 1. The zero-order valence-corrected chi connectivity index (χ0v) is 15.0. The van der Waals surface area contributed by atoms with Crippen LogP contribution in [0, 0.1) is 6.92 Å². The number of Topliss-reactive ketones (excluding diaryl/α,β-unsaturated/α-hetero) is 1. The van der Waals surface area contributed by atoms with Gasteiger partial charge in [-0.15, -0.1) is 0 Å². The molecule has 1 aliphatic heterocycles. The molecule has 0 radical (unpaired) electrons. The summed E-state index contributed by atoms with van der Waals surface area (Å²) in [6, 6.07) is 7.59. The zero-order valence-electron chi connectivity index (χ0n) is 15.0. The van der Waals surface area contributed by atoms with E-state index in [9.17, 15) is 9.59 Å². The Kier molecular flexibility index (Phi) is 5.87. The fourth-order valence-electron chi connectivity index (χ4n) is 3.78. The average molecular weight is 342 g/mol. The molecule has 0 spiro atoms. The molecule has 5 heteroatoms. The third kappa shape index (κ3) is 4.28. The van der Waals surface area contributed by atoms with E-state index in [-0.39, 0.29) is 0 Å². The highest BCUT2D eigenvalue weighted by atomic mass is 16.2. The zero-order chi connectivity index (χ0) is 17.6. The lowest BCUT2D eigenvalue weighted by atomic mass is 10.1. The Morgan fingerprint density at radius 3 is 2.60 bits per heavy atom. The minimum Gasteiger partial charge on any atom is -0.358 e. The van der Waals surface area contributed by atoms with Crippen molar-refractivity contribution in [2.45, 2.75) is 39.0 Å². The van der Waals surface area contributed by atoms with Crippen LogP contribution in [-0.4, -0.2) is 42.9 Å². The molecular formula is C20H28N3O2+. The predicted octanol–water partition coefficient (Wildman–Crippen LogP) is 1.62. The van der Waals surface area contributed by atoms with Crippen LogP contribution in [0.1, 0.15) is 48.2 Å². The molecule has 0 bridgehead atoms. The van der Waals surface area contributed by atoms with Gasteiger partial charge in [-0.2, -0.15) is 0 Å². The van der Waals surface area contributed by atoms with Gasteiger partial charge in [-0.1, -0.05) is 18.2 Å². The number of benzene rings is 1. The monoisotopic (exact) mass is 342 g/mol. The van der Waals surface area contributed by atoms with Crippen LogP contribution in [0.4, 0.5) is 0 Å². The van der Waals surface area contributed by atoms with Gasteiger partial charge >= 0.3 is 0 Å². The largest absolute Gasteiger partial charge is 0.358 e. The number of carbonyl (C=O) groups excluding carboxylic acids is 2. The van der Waals surface area contributed by atoms with Crippen molar-refractivity contribution in [3.63, 3.8) is 0 Å². The number of quaternary nitrogens is 1. The number of nitrogens with one attached hydrogen (secondary N) is 3. The number of hydrogen-bond acceptors (Lipinski definition) is 2. The summed E-state index contributed by atoms with van der Waals surface area (Å²) in [4.78, 5) is 29.6. The van der Waals surface area contributed by atoms with Crippen LogP contribution in [0.3, 0.4) is 0 Å². The third-order valence-corrected chi connectivity index (χ3v) is 5.13. The Balaban J connectivity index is 1.52. The van der Waals surface area contributed by atoms with E-state index in [0.29, 0.717) is 12.1 Å². The van der Waals surface area contributed by atoms with Crippen molar-refractivity contribution in [1.29, 1.82) is 0 Å². The SMILES string of the molecule is Cc1[nH]c2ccccc2c1C(=O)C(=O)NCCC[NH+]1CCCCCC1. The minimum atomic E-state index is -0.501. The molecule has 1 aromatic carbocycles. The van der Waals surface area contributed by atoms with Crippen molar-refractivity contribution in [2.75, 3.05) is 26.2 Å². The van der Waals surface area contributed by atoms with Crippen molar-refractivity contribution in [3.8, 4) is 0 Å². The van der Waals surface area contributed by atoms with Crippen LogP contribution in [0.2, 0.25) is 0 Å². The van der Waals surface area contributed by atoms with Crippen LogP contribution in [-0.2, 0) is 4.79 Å². The Morgan fingerprint density at radius 2 is 1.84 bits per heavy atom. The molecule has 2 heterocycles. The lowest BCUT2D eigenvalue weighted by molar-refractivity contribution is -0.899. The number of aromatic nitrogens is 1. The van der Waals surface area contributed by atoms with Crippen molar-refractivity contribution in [1.82, 2.24) is 10.3 Å². The molecular weight excluding hydrogens is 314 g/mol. The summed E-state index contributed by atoms with van der Waals surface area (Å²) in [5.41, 5.74) is 2.13. The number of aryl methyl sites for hydroxylation is 1. The first-order chi connectivity index (χ1) is 12.2. The molecule has 3 rings (SSSR count). The van der Waals surface area contributed by atoms with Crippen LogP contribution < -0.4 is 10.2 Å². The summed E-state index contributed by atoms with van der Waals surface area (Å²) in [5, 5.41) is 3.62. The first kappa shape index (κ1) is 17.7. The lowest BCUT2D eigenvalue weighted by Gasteiger charge is -2.16. The highest BCUT2D eigenvalue weighted by Crippen LogP contribution is 2.22. The van der Waals surface area contributed by atoms with E-state index in [0.717, 1.165) is 29.6 Å². The molecule has 3 N–H and O–H groups in total. The van der Waals surface area contributed by atoms with Crippen molar-refractivity contribution < 1.29 is 14.5 Å². The Bertz CT molecular complexity index is 742.